The van der Waals surface area contributed by atoms with Gasteiger partial charge >= 0.3 is 0 Å². The third-order valence-corrected chi connectivity index (χ3v) is 3.41. The molecule has 0 aliphatic rings. The molecule has 0 aliphatic carbocycles. The molecule has 0 heterocycles. The SMILES string of the molecule is CCSCCN[C@H](C)c1ccccc1OC. The van der Waals surface area contributed by atoms with Gasteiger partial charge in [-0.15, -0.1) is 0 Å². The van der Waals surface area contributed by atoms with Gasteiger partial charge in [0.2, 0.25) is 0 Å². The normalized spacial score (nSPS) is 12.4. The highest BCUT2D eigenvalue weighted by atomic mass is 32.2. The van der Waals surface area contributed by atoms with Gasteiger partial charge in [0.1, 0.15) is 5.75 Å². The second kappa shape index (κ2) is 7.58. The minimum Gasteiger partial charge on any atom is -0.496 e. The summed E-state index contributed by atoms with van der Waals surface area (Å²) in [6, 6.07) is 8.52. The van der Waals surface area contributed by atoms with E-state index in [1.807, 2.05) is 23.9 Å². The van der Waals surface area contributed by atoms with Gasteiger partial charge in [0, 0.05) is 23.9 Å². The number of nitrogens with one attached hydrogen (secondary N) is 1. The summed E-state index contributed by atoms with van der Waals surface area (Å²) in [7, 11) is 1.72. The molecule has 0 fully saturated rings. The Labute approximate surface area is 103 Å². The average molecular weight is 239 g/mol. The van der Waals surface area contributed by atoms with E-state index in [9.17, 15) is 0 Å². The van der Waals surface area contributed by atoms with Gasteiger partial charge in [-0.1, -0.05) is 25.1 Å². The van der Waals surface area contributed by atoms with Crippen molar-refractivity contribution in [2.75, 3.05) is 25.2 Å². The number of thioether (sulfide) groups is 1. The summed E-state index contributed by atoms with van der Waals surface area (Å²) in [4.78, 5) is 0. The van der Waals surface area contributed by atoms with Crippen LogP contribution in [0.2, 0.25) is 0 Å². The Morgan fingerprint density at radius 1 is 1.38 bits per heavy atom. The van der Waals surface area contributed by atoms with Crippen LogP contribution in [0.1, 0.15) is 25.5 Å². The summed E-state index contributed by atoms with van der Waals surface area (Å²) >= 11 is 1.96. The minimum atomic E-state index is 0.341. The molecule has 0 saturated heterocycles. The molecule has 16 heavy (non-hydrogen) atoms. The van der Waals surface area contributed by atoms with Gasteiger partial charge in [0.05, 0.1) is 7.11 Å². The van der Waals surface area contributed by atoms with E-state index >= 15 is 0 Å². The molecule has 0 radical (unpaired) electrons. The molecule has 0 amide bonds. The standard InChI is InChI=1S/C13H21NOS/c1-4-16-10-9-14-11(2)12-7-5-6-8-13(12)15-3/h5-8,11,14H,4,9-10H2,1-3H3/t11-/m1/s1. The van der Waals surface area contributed by atoms with E-state index in [2.05, 4.69) is 31.3 Å². The molecule has 3 heteroatoms. The zero-order valence-electron chi connectivity index (χ0n) is 10.3. The summed E-state index contributed by atoms with van der Waals surface area (Å²) < 4.78 is 5.35. The maximum absolute atomic E-state index is 5.35. The highest BCUT2D eigenvalue weighted by molar-refractivity contribution is 7.99. The van der Waals surface area contributed by atoms with E-state index in [1.165, 1.54) is 11.3 Å². The minimum absolute atomic E-state index is 0.341. The molecular weight excluding hydrogens is 218 g/mol. The lowest BCUT2D eigenvalue weighted by Crippen LogP contribution is -2.21. The molecule has 2 nitrogen and oxygen atoms in total. The van der Waals surface area contributed by atoms with Crippen molar-refractivity contribution in [3.63, 3.8) is 0 Å². The Morgan fingerprint density at radius 3 is 2.81 bits per heavy atom. The van der Waals surface area contributed by atoms with Gasteiger partial charge in [-0.25, -0.2) is 0 Å². The second-order valence-corrected chi connectivity index (χ2v) is 5.01. The van der Waals surface area contributed by atoms with Gasteiger partial charge in [-0.2, -0.15) is 11.8 Å². The number of rotatable bonds is 7. The smallest absolute Gasteiger partial charge is 0.123 e. The van der Waals surface area contributed by atoms with Crippen LogP contribution in [0.4, 0.5) is 0 Å². The molecule has 1 rings (SSSR count). The van der Waals surface area contributed by atoms with E-state index in [1.54, 1.807) is 7.11 Å². The van der Waals surface area contributed by atoms with Gasteiger partial charge in [0.15, 0.2) is 0 Å². The molecule has 0 aromatic heterocycles. The van der Waals surface area contributed by atoms with Crippen LogP contribution in [0.3, 0.4) is 0 Å². The number of para-hydroxylation sites is 1. The van der Waals surface area contributed by atoms with Crippen molar-refractivity contribution < 1.29 is 4.74 Å². The van der Waals surface area contributed by atoms with Gasteiger partial charge in [0.25, 0.3) is 0 Å². The highest BCUT2D eigenvalue weighted by Crippen LogP contribution is 2.24. The lowest BCUT2D eigenvalue weighted by atomic mass is 10.1. The number of hydrogen-bond donors (Lipinski definition) is 1. The topological polar surface area (TPSA) is 21.3 Å². The third kappa shape index (κ3) is 4.06. The summed E-state index contributed by atoms with van der Waals surface area (Å²) in [6.07, 6.45) is 0. The fraction of sp³-hybridized carbons (Fsp3) is 0.538. The monoisotopic (exact) mass is 239 g/mol. The van der Waals surface area contributed by atoms with Crippen molar-refractivity contribution in [3.05, 3.63) is 29.8 Å². The molecule has 0 aliphatic heterocycles. The maximum atomic E-state index is 5.35. The van der Waals surface area contributed by atoms with Gasteiger partial charge in [-0.3, -0.25) is 0 Å². The molecular formula is C13H21NOS. The van der Waals surface area contributed by atoms with E-state index in [4.69, 9.17) is 4.74 Å². The second-order valence-electron chi connectivity index (χ2n) is 3.61. The molecule has 1 N–H and O–H groups in total. The van der Waals surface area contributed by atoms with Gasteiger partial charge < -0.3 is 10.1 Å². The summed E-state index contributed by atoms with van der Waals surface area (Å²) in [5, 5.41) is 3.51. The largest absolute Gasteiger partial charge is 0.496 e. The van der Waals surface area contributed by atoms with Crippen molar-refractivity contribution in [3.8, 4) is 5.75 Å². The molecule has 0 saturated carbocycles. The third-order valence-electron chi connectivity index (χ3n) is 2.51. The molecule has 1 atom stereocenters. The van der Waals surface area contributed by atoms with Crippen molar-refractivity contribution in [2.45, 2.75) is 19.9 Å². The first-order valence-electron chi connectivity index (χ1n) is 5.73. The fourth-order valence-corrected chi connectivity index (χ4v) is 2.18. The number of ether oxygens (including phenoxy) is 1. The van der Waals surface area contributed by atoms with Crippen molar-refractivity contribution in [1.82, 2.24) is 5.32 Å². The first-order chi connectivity index (χ1) is 7.79. The van der Waals surface area contributed by atoms with Crippen molar-refractivity contribution in [1.29, 1.82) is 0 Å². The van der Waals surface area contributed by atoms with Crippen LogP contribution in [0, 0.1) is 0 Å². The Bertz CT molecular complexity index is 304. The van der Waals surface area contributed by atoms with Gasteiger partial charge in [-0.05, 0) is 18.7 Å². The Morgan fingerprint density at radius 2 is 2.12 bits per heavy atom. The van der Waals surface area contributed by atoms with Crippen LogP contribution in [-0.2, 0) is 0 Å². The predicted octanol–water partition coefficient (Wildman–Crippen LogP) is 3.10. The number of benzene rings is 1. The van der Waals surface area contributed by atoms with E-state index in [0.29, 0.717) is 6.04 Å². The molecule has 0 bridgehead atoms. The maximum Gasteiger partial charge on any atom is 0.123 e. The summed E-state index contributed by atoms with van der Waals surface area (Å²) in [5.74, 6) is 3.31. The van der Waals surface area contributed by atoms with Crippen LogP contribution in [0.25, 0.3) is 0 Å². The van der Waals surface area contributed by atoms with Crippen LogP contribution < -0.4 is 10.1 Å². The molecule has 0 unspecified atom stereocenters. The summed E-state index contributed by atoms with van der Waals surface area (Å²) in [6.45, 7) is 5.40. The van der Waals surface area contributed by atoms with Crippen molar-refractivity contribution in [2.24, 2.45) is 0 Å². The first kappa shape index (κ1) is 13.4. The lowest BCUT2D eigenvalue weighted by molar-refractivity contribution is 0.402. The average Bonchev–Trinajstić information content (AvgIpc) is 2.34. The quantitative estimate of drug-likeness (QED) is 0.739. The molecule has 90 valence electrons. The Kier molecular flexibility index (Phi) is 6.34. The van der Waals surface area contributed by atoms with E-state index in [-0.39, 0.29) is 0 Å². The molecule has 1 aromatic carbocycles. The van der Waals surface area contributed by atoms with E-state index < -0.39 is 0 Å². The molecule has 0 spiro atoms. The van der Waals surface area contributed by atoms with Crippen LogP contribution >= 0.6 is 11.8 Å². The van der Waals surface area contributed by atoms with Crippen LogP contribution in [0.5, 0.6) is 5.75 Å². The Balaban J connectivity index is 2.48. The lowest BCUT2D eigenvalue weighted by Gasteiger charge is -2.16. The van der Waals surface area contributed by atoms with E-state index in [0.717, 1.165) is 18.0 Å². The van der Waals surface area contributed by atoms with Crippen molar-refractivity contribution >= 4 is 11.8 Å². The zero-order chi connectivity index (χ0) is 11.8. The van der Waals surface area contributed by atoms with Crippen LogP contribution in [0.15, 0.2) is 24.3 Å². The first-order valence-corrected chi connectivity index (χ1v) is 6.89. The molecule has 1 aromatic rings. The highest BCUT2D eigenvalue weighted by Gasteiger charge is 2.09. The zero-order valence-corrected chi connectivity index (χ0v) is 11.1. The number of hydrogen-bond acceptors (Lipinski definition) is 3. The predicted molar refractivity (Wildman–Crippen MR) is 72.4 cm³/mol. The van der Waals surface area contributed by atoms with Crippen LogP contribution in [-0.4, -0.2) is 25.2 Å². The number of methoxy groups -OCH3 is 1. The Hall–Kier alpha value is -0.670. The summed E-state index contributed by atoms with van der Waals surface area (Å²) in [5.41, 5.74) is 1.23. The fourth-order valence-electron chi connectivity index (χ4n) is 1.63.